The fourth-order valence-corrected chi connectivity index (χ4v) is 5.14. The van der Waals surface area contributed by atoms with Gasteiger partial charge in [-0.2, -0.15) is 0 Å². The SMILES string of the molecule is CCn1c(=O)oc2cc(NC(=O)CN3CC[C@@]4(CCCO4)[C@H](OCc4ccccc4)C3)ccc21. The third-order valence-corrected chi connectivity index (χ3v) is 6.93. The van der Waals surface area contributed by atoms with Gasteiger partial charge < -0.3 is 19.2 Å². The number of anilines is 1. The monoisotopic (exact) mass is 465 g/mol. The molecule has 2 aliphatic heterocycles. The van der Waals surface area contributed by atoms with E-state index in [1.54, 1.807) is 22.8 Å². The molecule has 1 aromatic heterocycles. The minimum atomic E-state index is -0.390. The van der Waals surface area contributed by atoms with Crippen LogP contribution >= 0.6 is 0 Å². The second-order valence-electron chi connectivity index (χ2n) is 9.13. The molecule has 34 heavy (non-hydrogen) atoms. The van der Waals surface area contributed by atoms with Crippen LogP contribution in [0.25, 0.3) is 11.1 Å². The van der Waals surface area contributed by atoms with E-state index in [0.717, 1.165) is 43.5 Å². The summed E-state index contributed by atoms with van der Waals surface area (Å²) in [6.07, 6.45) is 2.80. The molecule has 1 N–H and O–H groups in total. The Morgan fingerprint density at radius 3 is 2.82 bits per heavy atom. The number of hydrogen-bond donors (Lipinski definition) is 1. The van der Waals surface area contributed by atoms with Crippen molar-refractivity contribution in [1.29, 1.82) is 0 Å². The van der Waals surface area contributed by atoms with Gasteiger partial charge >= 0.3 is 5.76 Å². The summed E-state index contributed by atoms with van der Waals surface area (Å²) in [5, 5.41) is 2.94. The van der Waals surface area contributed by atoms with Crippen LogP contribution < -0.4 is 11.1 Å². The molecule has 3 aromatic rings. The van der Waals surface area contributed by atoms with E-state index in [-0.39, 0.29) is 29.9 Å². The Morgan fingerprint density at radius 2 is 2.06 bits per heavy atom. The van der Waals surface area contributed by atoms with Crippen LogP contribution in [0.4, 0.5) is 5.69 Å². The molecule has 8 nitrogen and oxygen atoms in total. The number of amides is 1. The van der Waals surface area contributed by atoms with Gasteiger partial charge in [0.05, 0.1) is 30.4 Å². The molecule has 0 bridgehead atoms. The van der Waals surface area contributed by atoms with E-state index in [0.29, 0.717) is 31.0 Å². The van der Waals surface area contributed by atoms with Crippen molar-refractivity contribution in [2.45, 2.75) is 51.0 Å². The van der Waals surface area contributed by atoms with Gasteiger partial charge in [0.15, 0.2) is 5.58 Å². The molecule has 3 heterocycles. The number of aryl methyl sites for hydroxylation is 1. The number of oxazole rings is 1. The first-order valence-electron chi connectivity index (χ1n) is 12.0. The Morgan fingerprint density at radius 1 is 1.21 bits per heavy atom. The number of likely N-dealkylation sites (tertiary alicyclic amines) is 1. The highest BCUT2D eigenvalue weighted by Crippen LogP contribution is 2.38. The van der Waals surface area contributed by atoms with Crippen molar-refractivity contribution < 1.29 is 18.7 Å². The Bertz CT molecular complexity index is 1200. The van der Waals surface area contributed by atoms with Gasteiger partial charge in [0.2, 0.25) is 5.91 Å². The minimum absolute atomic E-state index is 0.0869. The summed E-state index contributed by atoms with van der Waals surface area (Å²) in [4.78, 5) is 26.9. The van der Waals surface area contributed by atoms with Crippen LogP contribution in [-0.2, 0) is 27.4 Å². The Labute approximate surface area is 198 Å². The lowest BCUT2D eigenvalue weighted by Gasteiger charge is -2.44. The fourth-order valence-electron chi connectivity index (χ4n) is 5.14. The third-order valence-electron chi connectivity index (χ3n) is 6.93. The van der Waals surface area contributed by atoms with Gasteiger partial charge in [-0.25, -0.2) is 4.79 Å². The second-order valence-corrected chi connectivity index (χ2v) is 9.13. The molecule has 2 aromatic carbocycles. The average Bonchev–Trinajstić information content (AvgIpc) is 3.43. The first kappa shape index (κ1) is 22.8. The topological polar surface area (TPSA) is 85.9 Å². The Kier molecular flexibility index (Phi) is 6.54. The number of ether oxygens (including phenoxy) is 2. The maximum Gasteiger partial charge on any atom is 0.419 e. The molecule has 1 amide bonds. The number of nitrogens with one attached hydrogen (secondary N) is 1. The lowest BCUT2D eigenvalue weighted by molar-refractivity contribution is -0.159. The molecule has 8 heteroatoms. The van der Waals surface area contributed by atoms with E-state index >= 15 is 0 Å². The molecule has 5 rings (SSSR count). The number of aromatic nitrogens is 1. The molecular weight excluding hydrogens is 434 g/mol. The summed E-state index contributed by atoms with van der Waals surface area (Å²) in [6.45, 7) is 5.41. The maximum atomic E-state index is 12.8. The van der Waals surface area contributed by atoms with Crippen LogP contribution in [-0.4, -0.2) is 53.3 Å². The lowest BCUT2D eigenvalue weighted by Crippen LogP contribution is -2.57. The smallest absolute Gasteiger partial charge is 0.408 e. The number of fused-ring (bicyclic) bond motifs is 1. The van der Waals surface area contributed by atoms with Gasteiger partial charge in [0.25, 0.3) is 0 Å². The largest absolute Gasteiger partial charge is 0.419 e. The van der Waals surface area contributed by atoms with Crippen LogP contribution in [0.5, 0.6) is 0 Å². The van der Waals surface area contributed by atoms with E-state index in [9.17, 15) is 9.59 Å². The van der Waals surface area contributed by atoms with E-state index in [1.165, 1.54) is 0 Å². The fraction of sp³-hybridized carbons (Fsp3) is 0.462. The summed E-state index contributed by atoms with van der Waals surface area (Å²) >= 11 is 0. The van der Waals surface area contributed by atoms with E-state index in [1.807, 2.05) is 25.1 Å². The van der Waals surface area contributed by atoms with Gasteiger partial charge in [-0.15, -0.1) is 0 Å². The molecule has 0 radical (unpaired) electrons. The van der Waals surface area contributed by atoms with E-state index in [2.05, 4.69) is 22.3 Å². The number of piperidine rings is 1. The lowest BCUT2D eigenvalue weighted by atomic mass is 9.85. The summed E-state index contributed by atoms with van der Waals surface area (Å²) in [6, 6.07) is 15.4. The van der Waals surface area contributed by atoms with Crippen molar-refractivity contribution in [1.82, 2.24) is 9.47 Å². The Balaban J connectivity index is 1.22. The summed E-state index contributed by atoms with van der Waals surface area (Å²) < 4.78 is 19.4. The number of carbonyl (C=O) groups is 1. The number of benzene rings is 2. The highest BCUT2D eigenvalue weighted by molar-refractivity contribution is 5.94. The predicted octanol–water partition coefficient (Wildman–Crippen LogP) is 3.39. The van der Waals surface area contributed by atoms with Crippen LogP contribution in [0.1, 0.15) is 31.7 Å². The number of nitrogens with zero attached hydrogens (tertiary/aromatic N) is 2. The number of rotatable bonds is 7. The highest BCUT2D eigenvalue weighted by Gasteiger charge is 2.47. The molecular formula is C26H31N3O5. The van der Waals surface area contributed by atoms with Crippen LogP contribution in [0.15, 0.2) is 57.7 Å². The summed E-state index contributed by atoms with van der Waals surface area (Å²) in [7, 11) is 0. The van der Waals surface area contributed by atoms with Crippen molar-refractivity contribution in [3.63, 3.8) is 0 Å². The van der Waals surface area contributed by atoms with Gasteiger partial charge in [-0.3, -0.25) is 14.3 Å². The summed E-state index contributed by atoms with van der Waals surface area (Å²) in [5.41, 5.74) is 2.68. The van der Waals surface area contributed by atoms with Crippen molar-refractivity contribution >= 4 is 22.7 Å². The zero-order valence-electron chi connectivity index (χ0n) is 19.5. The molecule has 2 fully saturated rings. The number of hydrogen-bond acceptors (Lipinski definition) is 6. The Hall–Kier alpha value is -2.94. The van der Waals surface area contributed by atoms with Crippen molar-refractivity contribution in [3.05, 3.63) is 64.6 Å². The number of carbonyl (C=O) groups excluding carboxylic acids is 1. The zero-order chi connectivity index (χ0) is 23.5. The van der Waals surface area contributed by atoms with Gasteiger partial charge in [-0.1, -0.05) is 30.3 Å². The van der Waals surface area contributed by atoms with Crippen molar-refractivity contribution in [2.24, 2.45) is 0 Å². The third kappa shape index (κ3) is 4.66. The maximum absolute atomic E-state index is 12.8. The van der Waals surface area contributed by atoms with Gasteiger partial charge in [-0.05, 0) is 43.9 Å². The van der Waals surface area contributed by atoms with Gasteiger partial charge in [0, 0.05) is 38.0 Å². The minimum Gasteiger partial charge on any atom is -0.408 e. The average molecular weight is 466 g/mol. The highest BCUT2D eigenvalue weighted by atomic mass is 16.6. The quantitative estimate of drug-likeness (QED) is 0.576. The molecule has 2 atom stereocenters. The second kappa shape index (κ2) is 9.74. The standard InChI is InChI=1S/C26H31N3O5/c1-2-29-21-10-9-20(15-22(21)34-25(29)31)27-24(30)17-28-13-12-26(11-6-14-33-26)23(16-28)32-18-19-7-4-3-5-8-19/h3-5,7-10,15,23H,2,6,11-14,16-18H2,1H3,(H,27,30)/t23-,26+/m1/s1. The summed E-state index contributed by atoms with van der Waals surface area (Å²) in [5.74, 6) is -0.499. The first-order valence-corrected chi connectivity index (χ1v) is 12.0. The molecule has 2 aliphatic rings. The molecule has 1 spiro atoms. The molecule has 0 saturated carbocycles. The molecule has 180 valence electrons. The normalized spacial score (nSPS) is 23.0. The van der Waals surface area contributed by atoms with Gasteiger partial charge in [0.1, 0.15) is 0 Å². The first-order chi connectivity index (χ1) is 16.6. The van der Waals surface area contributed by atoms with Crippen molar-refractivity contribution in [3.8, 4) is 0 Å². The van der Waals surface area contributed by atoms with E-state index < -0.39 is 0 Å². The van der Waals surface area contributed by atoms with Crippen LogP contribution in [0.2, 0.25) is 0 Å². The zero-order valence-corrected chi connectivity index (χ0v) is 19.5. The molecule has 0 aliphatic carbocycles. The van der Waals surface area contributed by atoms with Crippen LogP contribution in [0.3, 0.4) is 0 Å². The molecule has 0 unspecified atom stereocenters. The predicted molar refractivity (Wildman–Crippen MR) is 129 cm³/mol. The van der Waals surface area contributed by atoms with E-state index in [4.69, 9.17) is 13.9 Å². The van der Waals surface area contributed by atoms with Crippen molar-refractivity contribution in [2.75, 3.05) is 31.6 Å². The molecule has 2 saturated heterocycles. The van der Waals surface area contributed by atoms with Crippen LogP contribution in [0, 0.1) is 0 Å².